The lowest BCUT2D eigenvalue weighted by Gasteiger charge is -2.34. The van der Waals surface area contributed by atoms with Gasteiger partial charge in [0.15, 0.2) is 0 Å². The zero-order valence-corrected chi connectivity index (χ0v) is 12.1. The second-order valence-corrected chi connectivity index (χ2v) is 5.81. The van der Waals surface area contributed by atoms with E-state index in [2.05, 4.69) is 0 Å². The summed E-state index contributed by atoms with van der Waals surface area (Å²) < 4.78 is 0. The first-order valence-electron chi connectivity index (χ1n) is 7.36. The van der Waals surface area contributed by atoms with Crippen LogP contribution in [0.2, 0.25) is 0 Å². The average Bonchev–Trinajstić information content (AvgIpc) is 2.45. The van der Waals surface area contributed by atoms with Crippen molar-refractivity contribution in [1.82, 2.24) is 0 Å². The monoisotopic (exact) mass is 290 g/mol. The normalized spacial score (nSPS) is 17.2. The number of hydrogen-bond donors (Lipinski definition) is 2. The SMILES string of the molecule is NC1(CC(=O)N(CC(=O)O)c2ccccc2)CCCCC1. The molecule has 0 atom stereocenters. The van der Waals surface area contributed by atoms with E-state index in [0.717, 1.165) is 32.1 Å². The van der Waals surface area contributed by atoms with Crippen molar-refractivity contribution in [2.75, 3.05) is 11.4 Å². The summed E-state index contributed by atoms with van der Waals surface area (Å²) in [6.45, 7) is -0.334. The zero-order valence-electron chi connectivity index (χ0n) is 12.1. The molecule has 0 aliphatic heterocycles. The lowest BCUT2D eigenvalue weighted by Crippen LogP contribution is -2.48. The van der Waals surface area contributed by atoms with Crippen LogP contribution in [-0.2, 0) is 9.59 Å². The lowest BCUT2D eigenvalue weighted by molar-refractivity contribution is -0.136. The Morgan fingerprint density at radius 3 is 2.33 bits per heavy atom. The summed E-state index contributed by atoms with van der Waals surface area (Å²) in [5, 5.41) is 9.04. The molecule has 1 fully saturated rings. The molecule has 0 unspecified atom stereocenters. The Hall–Kier alpha value is -1.88. The highest BCUT2D eigenvalue weighted by molar-refractivity contribution is 5.97. The third-order valence-electron chi connectivity index (χ3n) is 4.01. The minimum atomic E-state index is -1.03. The van der Waals surface area contributed by atoms with Gasteiger partial charge in [0.05, 0.1) is 0 Å². The van der Waals surface area contributed by atoms with Crippen molar-refractivity contribution in [3.63, 3.8) is 0 Å². The molecule has 0 bridgehead atoms. The molecule has 1 aliphatic carbocycles. The van der Waals surface area contributed by atoms with E-state index in [9.17, 15) is 9.59 Å². The Morgan fingerprint density at radius 2 is 1.76 bits per heavy atom. The van der Waals surface area contributed by atoms with Crippen LogP contribution in [-0.4, -0.2) is 29.1 Å². The second kappa shape index (κ2) is 6.72. The van der Waals surface area contributed by atoms with Crippen molar-refractivity contribution in [1.29, 1.82) is 0 Å². The van der Waals surface area contributed by atoms with Gasteiger partial charge in [0, 0.05) is 17.6 Å². The first-order chi connectivity index (χ1) is 10.0. The van der Waals surface area contributed by atoms with Crippen LogP contribution in [0.5, 0.6) is 0 Å². The fraction of sp³-hybridized carbons (Fsp3) is 0.500. The highest BCUT2D eigenvalue weighted by atomic mass is 16.4. The third kappa shape index (κ3) is 4.29. The fourth-order valence-corrected chi connectivity index (χ4v) is 2.90. The van der Waals surface area contributed by atoms with Crippen LogP contribution in [0.1, 0.15) is 38.5 Å². The van der Waals surface area contributed by atoms with Gasteiger partial charge in [-0.3, -0.25) is 9.59 Å². The number of benzene rings is 1. The highest BCUT2D eigenvalue weighted by Gasteiger charge is 2.32. The smallest absolute Gasteiger partial charge is 0.323 e. The molecular weight excluding hydrogens is 268 g/mol. The van der Waals surface area contributed by atoms with E-state index < -0.39 is 11.5 Å². The lowest BCUT2D eigenvalue weighted by atomic mass is 9.80. The number of aliphatic carboxylic acids is 1. The topological polar surface area (TPSA) is 83.6 Å². The van der Waals surface area contributed by atoms with Crippen LogP contribution in [0, 0.1) is 0 Å². The molecule has 1 aromatic rings. The standard InChI is InChI=1S/C16H22N2O3/c17-16(9-5-2-6-10-16)11-14(19)18(12-15(20)21)13-7-3-1-4-8-13/h1,3-4,7-8H,2,5-6,9-12,17H2,(H,20,21). The quantitative estimate of drug-likeness (QED) is 0.870. The maximum absolute atomic E-state index is 12.5. The number of rotatable bonds is 5. The van der Waals surface area contributed by atoms with Gasteiger partial charge in [-0.25, -0.2) is 0 Å². The first-order valence-corrected chi connectivity index (χ1v) is 7.36. The van der Waals surface area contributed by atoms with Gasteiger partial charge in [-0.15, -0.1) is 0 Å². The van der Waals surface area contributed by atoms with Gasteiger partial charge in [0.1, 0.15) is 6.54 Å². The van der Waals surface area contributed by atoms with E-state index >= 15 is 0 Å². The van der Waals surface area contributed by atoms with Crippen LogP contribution in [0.25, 0.3) is 0 Å². The number of carboxylic acid groups (broad SMARTS) is 1. The van der Waals surface area contributed by atoms with Crippen LogP contribution in [0.4, 0.5) is 5.69 Å². The fourth-order valence-electron chi connectivity index (χ4n) is 2.90. The molecule has 1 aliphatic rings. The number of amides is 1. The van der Waals surface area contributed by atoms with Crippen molar-refractivity contribution in [3.05, 3.63) is 30.3 Å². The average molecular weight is 290 g/mol. The number of para-hydroxylation sites is 1. The summed E-state index contributed by atoms with van der Waals surface area (Å²) in [5.41, 5.74) is 6.43. The molecule has 2 rings (SSSR count). The third-order valence-corrected chi connectivity index (χ3v) is 4.01. The molecule has 0 radical (unpaired) electrons. The number of anilines is 1. The maximum atomic E-state index is 12.5. The minimum absolute atomic E-state index is 0.204. The number of hydrogen-bond acceptors (Lipinski definition) is 3. The van der Waals surface area contributed by atoms with Gasteiger partial charge < -0.3 is 15.7 Å². The Morgan fingerprint density at radius 1 is 1.14 bits per heavy atom. The summed E-state index contributed by atoms with van der Waals surface area (Å²) in [4.78, 5) is 24.9. The van der Waals surface area contributed by atoms with Crippen LogP contribution >= 0.6 is 0 Å². The molecule has 1 saturated carbocycles. The van der Waals surface area contributed by atoms with Crippen LogP contribution in [0.15, 0.2) is 30.3 Å². The van der Waals surface area contributed by atoms with Gasteiger partial charge in [0.2, 0.25) is 5.91 Å². The van der Waals surface area contributed by atoms with E-state index in [1.54, 1.807) is 24.3 Å². The van der Waals surface area contributed by atoms with Gasteiger partial charge in [-0.05, 0) is 25.0 Å². The summed E-state index contributed by atoms with van der Waals surface area (Å²) >= 11 is 0. The zero-order chi connectivity index (χ0) is 15.3. The van der Waals surface area contributed by atoms with Crippen molar-refractivity contribution >= 4 is 17.6 Å². The molecule has 114 valence electrons. The summed E-state index contributed by atoms with van der Waals surface area (Å²) in [6.07, 6.45) is 5.09. The van der Waals surface area contributed by atoms with Gasteiger partial charge >= 0.3 is 5.97 Å². The molecule has 0 saturated heterocycles. The van der Waals surface area contributed by atoms with Crippen LogP contribution in [0.3, 0.4) is 0 Å². The maximum Gasteiger partial charge on any atom is 0.323 e. The number of nitrogens with two attached hydrogens (primary N) is 1. The molecule has 21 heavy (non-hydrogen) atoms. The van der Waals surface area contributed by atoms with Crippen molar-refractivity contribution in [2.45, 2.75) is 44.1 Å². The molecule has 5 nitrogen and oxygen atoms in total. The first kappa shape index (κ1) is 15.5. The predicted molar refractivity (Wildman–Crippen MR) is 81.1 cm³/mol. The molecular formula is C16H22N2O3. The summed E-state index contributed by atoms with van der Waals surface area (Å²) in [6, 6.07) is 8.89. The molecule has 3 N–H and O–H groups in total. The molecule has 1 aromatic carbocycles. The summed E-state index contributed by atoms with van der Waals surface area (Å²) in [7, 11) is 0. The Balaban J connectivity index is 2.12. The Kier molecular flexibility index (Phi) is 4.96. The van der Waals surface area contributed by atoms with Crippen LogP contribution < -0.4 is 10.6 Å². The van der Waals surface area contributed by atoms with E-state index in [1.807, 2.05) is 6.07 Å². The number of carboxylic acids is 1. The molecule has 0 aromatic heterocycles. The number of nitrogens with zero attached hydrogens (tertiary/aromatic N) is 1. The van der Waals surface area contributed by atoms with E-state index in [-0.39, 0.29) is 18.9 Å². The Labute approximate surface area is 124 Å². The largest absolute Gasteiger partial charge is 0.480 e. The van der Waals surface area contributed by atoms with Gasteiger partial charge in [-0.1, -0.05) is 37.5 Å². The van der Waals surface area contributed by atoms with Gasteiger partial charge in [0.25, 0.3) is 0 Å². The van der Waals surface area contributed by atoms with Gasteiger partial charge in [-0.2, -0.15) is 0 Å². The number of carbonyl (C=O) groups is 2. The number of carbonyl (C=O) groups excluding carboxylic acids is 1. The van der Waals surface area contributed by atoms with E-state index in [4.69, 9.17) is 10.8 Å². The van der Waals surface area contributed by atoms with Crippen molar-refractivity contribution < 1.29 is 14.7 Å². The summed E-state index contributed by atoms with van der Waals surface area (Å²) in [5.74, 6) is -1.24. The highest BCUT2D eigenvalue weighted by Crippen LogP contribution is 2.30. The Bertz CT molecular complexity index is 496. The molecule has 0 heterocycles. The predicted octanol–water partition coefficient (Wildman–Crippen LogP) is 2.16. The van der Waals surface area contributed by atoms with Crippen molar-refractivity contribution in [2.24, 2.45) is 5.73 Å². The van der Waals surface area contributed by atoms with E-state index in [0.29, 0.717) is 5.69 Å². The molecule has 5 heteroatoms. The second-order valence-electron chi connectivity index (χ2n) is 5.81. The molecule has 0 spiro atoms. The van der Waals surface area contributed by atoms with E-state index in [1.165, 1.54) is 4.90 Å². The van der Waals surface area contributed by atoms with Crippen molar-refractivity contribution in [3.8, 4) is 0 Å². The minimum Gasteiger partial charge on any atom is -0.480 e. The molecule has 1 amide bonds.